The van der Waals surface area contributed by atoms with Gasteiger partial charge in [-0.05, 0) is 44.9 Å². The van der Waals surface area contributed by atoms with Gasteiger partial charge in [-0.1, -0.05) is 295 Å². The second-order valence-electron chi connectivity index (χ2n) is 19.7. The van der Waals surface area contributed by atoms with Crippen LogP contribution in [0.25, 0.3) is 0 Å². The predicted octanol–water partition coefficient (Wildman–Crippen LogP) is 18.7. The first-order chi connectivity index (χ1) is 30.7. The maximum absolute atomic E-state index is 12.5. The maximum Gasteiger partial charge on any atom is 0.220 e. The van der Waals surface area contributed by atoms with E-state index in [2.05, 4.69) is 43.5 Å². The Bertz CT molecular complexity index is 901. The van der Waals surface area contributed by atoms with Gasteiger partial charge in [0.05, 0.1) is 18.8 Å². The molecule has 368 valence electrons. The Hall–Kier alpha value is -1.13. The van der Waals surface area contributed by atoms with Crippen LogP contribution in [0.4, 0.5) is 0 Å². The zero-order valence-electron chi connectivity index (χ0n) is 42.4. The topological polar surface area (TPSA) is 69.6 Å². The highest BCUT2D eigenvalue weighted by molar-refractivity contribution is 5.76. The van der Waals surface area contributed by atoms with Crippen LogP contribution in [0.1, 0.15) is 322 Å². The van der Waals surface area contributed by atoms with Gasteiger partial charge >= 0.3 is 0 Å². The van der Waals surface area contributed by atoms with E-state index in [0.29, 0.717) is 12.8 Å². The number of amides is 1. The Morgan fingerprint density at radius 3 is 0.968 bits per heavy atom. The fraction of sp³-hybridized carbons (Fsp3) is 0.914. The van der Waals surface area contributed by atoms with Crippen molar-refractivity contribution < 1.29 is 15.0 Å². The fourth-order valence-corrected chi connectivity index (χ4v) is 9.10. The third-order valence-electron chi connectivity index (χ3n) is 13.5. The zero-order chi connectivity index (χ0) is 44.9. The number of rotatable bonds is 53. The molecule has 0 aliphatic carbocycles. The highest BCUT2D eigenvalue weighted by Crippen LogP contribution is 2.18. The molecular formula is C58H113NO3. The minimum Gasteiger partial charge on any atom is -0.394 e. The number of aliphatic hydroxyl groups excluding tert-OH is 2. The highest BCUT2D eigenvalue weighted by atomic mass is 16.3. The number of aliphatic hydroxyl groups is 2. The summed E-state index contributed by atoms with van der Waals surface area (Å²) < 4.78 is 0. The summed E-state index contributed by atoms with van der Waals surface area (Å²) in [7, 11) is 0. The van der Waals surface area contributed by atoms with Gasteiger partial charge < -0.3 is 15.5 Å². The van der Waals surface area contributed by atoms with Crippen molar-refractivity contribution >= 4 is 5.91 Å². The van der Waals surface area contributed by atoms with Crippen LogP contribution in [0.5, 0.6) is 0 Å². The summed E-state index contributed by atoms with van der Waals surface area (Å²) in [5.74, 6) is -0.0259. The number of unbranched alkanes of at least 4 members (excludes halogenated alkanes) is 42. The van der Waals surface area contributed by atoms with Gasteiger partial charge in [-0.25, -0.2) is 0 Å². The molecule has 0 rings (SSSR count). The summed E-state index contributed by atoms with van der Waals surface area (Å²) in [6.07, 6.45) is 71.7. The van der Waals surface area contributed by atoms with Crippen LogP contribution >= 0.6 is 0 Å². The Morgan fingerprint density at radius 1 is 0.387 bits per heavy atom. The Labute approximate surface area is 389 Å². The minimum absolute atomic E-state index is 0.0259. The van der Waals surface area contributed by atoms with Crippen molar-refractivity contribution in [3.8, 4) is 0 Å². The van der Waals surface area contributed by atoms with Crippen molar-refractivity contribution in [2.75, 3.05) is 6.61 Å². The van der Waals surface area contributed by atoms with Gasteiger partial charge in [0, 0.05) is 6.42 Å². The lowest BCUT2D eigenvalue weighted by Gasteiger charge is -2.22. The molecule has 0 aliphatic heterocycles. The zero-order valence-corrected chi connectivity index (χ0v) is 42.4. The summed E-state index contributed by atoms with van der Waals surface area (Å²) >= 11 is 0. The van der Waals surface area contributed by atoms with Crippen LogP contribution in [-0.2, 0) is 4.79 Å². The monoisotopic (exact) mass is 872 g/mol. The summed E-state index contributed by atoms with van der Waals surface area (Å²) in [5.41, 5.74) is 0. The molecule has 62 heavy (non-hydrogen) atoms. The molecule has 0 spiro atoms. The van der Waals surface area contributed by atoms with Gasteiger partial charge in [0.2, 0.25) is 5.91 Å². The predicted molar refractivity (Wildman–Crippen MR) is 276 cm³/mol. The molecule has 4 heteroatoms. The van der Waals surface area contributed by atoms with Crippen LogP contribution in [0.15, 0.2) is 24.3 Å². The second kappa shape index (κ2) is 54.2. The van der Waals surface area contributed by atoms with Gasteiger partial charge in [0.25, 0.3) is 0 Å². The van der Waals surface area contributed by atoms with Gasteiger partial charge in [0.1, 0.15) is 0 Å². The van der Waals surface area contributed by atoms with Gasteiger partial charge in [-0.2, -0.15) is 0 Å². The summed E-state index contributed by atoms with van der Waals surface area (Å²) in [6.45, 7) is 4.38. The second-order valence-corrected chi connectivity index (χ2v) is 19.7. The van der Waals surface area contributed by atoms with Crippen LogP contribution in [-0.4, -0.2) is 34.9 Å². The minimum atomic E-state index is -0.658. The Balaban J connectivity index is 3.43. The van der Waals surface area contributed by atoms with Crippen LogP contribution in [0, 0.1) is 0 Å². The van der Waals surface area contributed by atoms with E-state index in [1.165, 1.54) is 263 Å². The average Bonchev–Trinajstić information content (AvgIpc) is 3.28. The number of nitrogens with one attached hydrogen (secondary N) is 1. The largest absolute Gasteiger partial charge is 0.394 e. The smallest absolute Gasteiger partial charge is 0.220 e. The molecule has 0 radical (unpaired) electrons. The molecule has 0 aromatic heterocycles. The van der Waals surface area contributed by atoms with Crippen molar-refractivity contribution in [3.63, 3.8) is 0 Å². The first-order valence-corrected chi connectivity index (χ1v) is 28.5. The van der Waals surface area contributed by atoms with E-state index >= 15 is 0 Å². The van der Waals surface area contributed by atoms with E-state index < -0.39 is 12.1 Å². The van der Waals surface area contributed by atoms with E-state index in [-0.39, 0.29) is 12.5 Å². The molecule has 0 saturated carbocycles. The summed E-state index contributed by atoms with van der Waals surface area (Å²) in [6, 6.07) is -0.535. The number of hydrogen-bond acceptors (Lipinski definition) is 3. The van der Waals surface area contributed by atoms with Gasteiger partial charge in [-0.3, -0.25) is 4.79 Å². The third-order valence-corrected chi connectivity index (χ3v) is 13.5. The van der Waals surface area contributed by atoms with Crippen LogP contribution < -0.4 is 5.32 Å². The quantitative estimate of drug-likeness (QED) is 0.0421. The SMILES string of the molecule is CCCCCCC/C=C\C/C=C\CCCCCCCCCCCCCCCCCC(=O)NC(CO)C(O)CCCCCCCCCCCCCCCCCCCCCCCCC. The number of carbonyl (C=O) groups is 1. The fourth-order valence-electron chi connectivity index (χ4n) is 9.10. The highest BCUT2D eigenvalue weighted by Gasteiger charge is 2.20. The number of hydrogen-bond donors (Lipinski definition) is 3. The van der Waals surface area contributed by atoms with Crippen molar-refractivity contribution in [3.05, 3.63) is 24.3 Å². The molecular weight excluding hydrogens is 759 g/mol. The first-order valence-electron chi connectivity index (χ1n) is 28.5. The van der Waals surface area contributed by atoms with Gasteiger partial charge in [0.15, 0.2) is 0 Å². The van der Waals surface area contributed by atoms with E-state index in [0.717, 1.165) is 32.1 Å². The number of carbonyl (C=O) groups excluding carboxylic acids is 1. The molecule has 0 bridgehead atoms. The van der Waals surface area contributed by atoms with Crippen molar-refractivity contribution in [1.29, 1.82) is 0 Å². The van der Waals surface area contributed by atoms with Crippen molar-refractivity contribution in [1.82, 2.24) is 5.32 Å². The third kappa shape index (κ3) is 49.9. The van der Waals surface area contributed by atoms with E-state index in [9.17, 15) is 15.0 Å². The molecule has 3 N–H and O–H groups in total. The van der Waals surface area contributed by atoms with Gasteiger partial charge in [-0.15, -0.1) is 0 Å². The molecule has 2 unspecified atom stereocenters. The normalized spacial score (nSPS) is 12.9. The van der Waals surface area contributed by atoms with Crippen LogP contribution in [0.3, 0.4) is 0 Å². The molecule has 0 aromatic rings. The molecule has 0 aliphatic rings. The Kier molecular flexibility index (Phi) is 53.2. The molecule has 0 saturated heterocycles. The molecule has 0 heterocycles. The van der Waals surface area contributed by atoms with Crippen LogP contribution in [0.2, 0.25) is 0 Å². The summed E-state index contributed by atoms with van der Waals surface area (Å²) in [5, 5.41) is 23.4. The van der Waals surface area contributed by atoms with Crippen molar-refractivity contribution in [2.45, 2.75) is 334 Å². The average molecular weight is 873 g/mol. The lowest BCUT2D eigenvalue weighted by atomic mass is 10.0. The Morgan fingerprint density at radius 2 is 0.661 bits per heavy atom. The van der Waals surface area contributed by atoms with E-state index in [4.69, 9.17) is 0 Å². The lowest BCUT2D eigenvalue weighted by Crippen LogP contribution is -2.45. The molecule has 2 atom stereocenters. The molecule has 0 aromatic carbocycles. The standard InChI is InChI=1S/C58H113NO3/c1-3-5-7-9-11-13-15-17-19-21-23-25-27-28-29-30-32-34-36-38-40-42-44-46-48-50-52-54-58(62)59-56(55-60)57(61)53-51-49-47-45-43-41-39-37-35-33-31-26-24-22-20-18-16-14-12-10-8-6-4-2/h15,17,21,23,56-57,60-61H,3-14,16,18-20,22,24-55H2,1-2H3,(H,59,62)/b17-15-,23-21-. The summed E-state index contributed by atoms with van der Waals surface area (Å²) in [4.78, 5) is 12.5. The lowest BCUT2D eigenvalue weighted by molar-refractivity contribution is -0.123. The maximum atomic E-state index is 12.5. The molecule has 1 amide bonds. The van der Waals surface area contributed by atoms with E-state index in [1.807, 2.05) is 0 Å². The first kappa shape index (κ1) is 60.9. The molecule has 0 fully saturated rings. The van der Waals surface area contributed by atoms with E-state index in [1.54, 1.807) is 0 Å². The number of allylic oxidation sites excluding steroid dienone is 4. The molecule has 4 nitrogen and oxygen atoms in total. The van der Waals surface area contributed by atoms with Crippen molar-refractivity contribution in [2.24, 2.45) is 0 Å².